The minimum absolute atomic E-state index is 0.0618. The predicted molar refractivity (Wildman–Crippen MR) is 176 cm³/mol. The Labute approximate surface area is 293 Å². The summed E-state index contributed by atoms with van der Waals surface area (Å²) < 4.78 is 144. The third-order valence-electron chi connectivity index (χ3n) is 9.25. The van der Waals surface area contributed by atoms with E-state index in [1.54, 1.807) is 0 Å². The molecule has 0 spiro atoms. The molecule has 288 valence electrons. The quantitative estimate of drug-likeness (QED) is 0.108. The van der Waals surface area contributed by atoms with Gasteiger partial charge in [0.05, 0.1) is 40.6 Å². The van der Waals surface area contributed by atoms with E-state index in [0.717, 1.165) is 11.0 Å². The molecule has 2 aromatic rings. The van der Waals surface area contributed by atoms with Gasteiger partial charge < -0.3 is 22.6 Å². The van der Waals surface area contributed by atoms with Crippen LogP contribution in [0.1, 0.15) is 79.3 Å². The van der Waals surface area contributed by atoms with Crippen LogP contribution in [0.15, 0.2) is 30.3 Å². The molecule has 1 amide bonds. The highest BCUT2D eigenvalue weighted by Crippen LogP contribution is 2.51. The van der Waals surface area contributed by atoms with Gasteiger partial charge in [0.15, 0.2) is 8.32 Å². The number of rotatable bonds is 9. The molecule has 1 aliphatic carbocycles. The van der Waals surface area contributed by atoms with Crippen LogP contribution in [0.25, 0.3) is 11.0 Å². The van der Waals surface area contributed by atoms with Gasteiger partial charge in [-0.1, -0.05) is 20.8 Å². The van der Waals surface area contributed by atoms with Gasteiger partial charge in [-0.05, 0) is 70.8 Å². The van der Waals surface area contributed by atoms with Gasteiger partial charge in [-0.2, -0.15) is 34.8 Å². The average Bonchev–Trinajstić information content (AvgIpc) is 3.34. The molecular formula is C32H44F7N3O7SSi. The number of aromatic nitrogens is 2. The molecule has 2 heterocycles. The number of carbonyl (C=O) groups excluding carboxylic acids is 1. The lowest BCUT2D eigenvalue weighted by atomic mass is 9.77. The van der Waals surface area contributed by atoms with Gasteiger partial charge in [-0.15, -0.1) is 0 Å². The molecule has 0 bridgehead atoms. The fourth-order valence-corrected chi connectivity index (χ4v) is 8.18. The number of alkyl halides is 7. The zero-order valence-corrected chi connectivity index (χ0v) is 31.6. The van der Waals surface area contributed by atoms with Gasteiger partial charge in [0.1, 0.15) is 30.4 Å². The number of hydrogen-bond acceptors (Lipinski definition) is 8. The highest BCUT2D eigenvalue weighted by atomic mass is 32.2. The van der Waals surface area contributed by atoms with Gasteiger partial charge in [-0.3, -0.25) is 4.90 Å². The summed E-state index contributed by atoms with van der Waals surface area (Å²) in [7, 11) is -8.34. The molecule has 0 unspecified atom stereocenters. The lowest BCUT2D eigenvalue weighted by molar-refractivity contribution is -0.136. The van der Waals surface area contributed by atoms with Crippen molar-refractivity contribution in [2.45, 2.75) is 127 Å². The van der Waals surface area contributed by atoms with Gasteiger partial charge in [-0.25, -0.2) is 14.2 Å². The highest BCUT2D eigenvalue weighted by molar-refractivity contribution is 7.87. The Bertz CT molecular complexity index is 1760. The van der Waals surface area contributed by atoms with Gasteiger partial charge in [0.25, 0.3) is 0 Å². The van der Waals surface area contributed by atoms with Crippen molar-refractivity contribution in [3.63, 3.8) is 0 Å². The Morgan fingerprint density at radius 2 is 1.65 bits per heavy atom. The van der Waals surface area contributed by atoms with Crippen molar-refractivity contribution >= 4 is 35.6 Å². The van der Waals surface area contributed by atoms with E-state index >= 15 is 0 Å². The van der Waals surface area contributed by atoms with Crippen molar-refractivity contribution in [2.24, 2.45) is 0 Å². The number of amides is 1. The number of carbonyl (C=O) groups is 1. The van der Waals surface area contributed by atoms with Crippen molar-refractivity contribution in [1.82, 2.24) is 14.5 Å². The van der Waals surface area contributed by atoms with Crippen LogP contribution in [0.3, 0.4) is 0 Å². The number of hydrogen-bond donors (Lipinski definition) is 0. The maximum atomic E-state index is 14.6. The molecule has 1 fully saturated rings. The maximum absolute atomic E-state index is 14.6. The topological polar surface area (TPSA) is 109 Å². The Morgan fingerprint density at radius 1 is 1.04 bits per heavy atom. The molecule has 1 aromatic carbocycles. The summed E-state index contributed by atoms with van der Waals surface area (Å²) in [6.07, 6.45) is -3.79. The minimum Gasteiger partial charge on any atom is -0.491 e. The van der Waals surface area contributed by atoms with Crippen molar-refractivity contribution in [3.8, 4) is 5.75 Å². The Kier molecular flexibility index (Phi) is 10.7. The molecule has 2 atom stereocenters. The van der Waals surface area contributed by atoms with Crippen molar-refractivity contribution in [2.75, 3.05) is 13.3 Å². The van der Waals surface area contributed by atoms with Gasteiger partial charge in [0.2, 0.25) is 0 Å². The van der Waals surface area contributed by atoms with Crippen LogP contribution >= 0.6 is 0 Å². The monoisotopic (exact) mass is 775 g/mol. The molecule has 2 aliphatic rings. The van der Waals surface area contributed by atoms with Crippen molar-refractivity contribution in [3.05, 3.63) is 35.9 Å². The summed E-state index contributed by atoms with van der Waals surface area (Å²) in [6.45, 7) is 14.9. The number of imidazole rings is 1. The first-order valence-corrected chi connectivity index (χ1v) is 20.5. The third-order valence-corrected chi connectivity index (χ3v) is 14.9. The number of benzene rings is 1. The predicted octanol–water partition coefficient (Wildman–Crippen LogP) is 8.65. The standard InChI is InChI=1S/C32H44F7N3O7SSi/c1-28(2,3)47-27(43)42-19(16-33)10-23(48-50(44,45)32(37,38)39)11-20(42)17-46-22-12-24(31(34,35)36)26-25(13-22)40-18-41(26)21-14-30(7,15-21)49-51(8,9)29(4,5)6/h10,12-13,18-21H,11,14-17H2,1-9H3/t19-,20+,21?,30?/m1/s1. The lowest BCUT2D eigenvalue weighted by Gasteiger charge is -2.52. The SMILES string of the molecule is CC(C)(C)OC(=O)N1[C@H](COc2cc(C(F)(F)F)c3c(c2)ncn3C2CC(C)(O[Si](C)(C)C(C)(C)C)C2)CC(OS(=O)(=O)C(F)(F)F)=C[C@@H]1CF. The largest absolute Gasteiger partial charge is 0.534 e. The van der Waals surface area contributed by atoms with Crippen molar-refractivity contribution in [1.29, 1.82) is 0 Å². The second-order valence-electron chi connectivity index (χ2n) is 15.8. The van der Waals surface area contributed by atoms with E-state index in [2.05, 4.69) is 43.0 Å². The van der Waals surface area contributed by atoms with Crippen LogP contribution in [-0.4, -0.2) is 79.4 Å². The molecule has 10 nitrogen and oxygen atoms in total. The third kappa shape index (κ3) is 8.94. The first-order valence-electron chi connectivity index (χ1n) is 16.2. The van der Waals surface area contributed by atoms with Gasteiger partial charge >= 0.3 is 27.9 Å². The zero-order valence-electron chi connectivity index (χ0n) is 29.8. The molecule has 1 saturated carbocycles. The van der Waals surface area contributed by atoms with Crippen LogP contribution < -0.4 is 4.74 Å². The summed E-state index contributed by atoms with van der Waals surface area (Å²) >= 11 is 0. The maximum Gasteiger partial charge on any atom is 0.534 e. The Balaban J connectivity index is 1.64. The second-order valence-corrected chi connectivity index (χ2v) is 22.0. The van der Waals surface area contributed by atoms with E-state index in [1.807, 2.05) is 6.92 Å². The summed E-state index contributed by atoms with van der Waals surface area (Å²) in [5, 5.41) is -0.0668. The summed E-state index contributed by atoms with van der Waals surface area (Å²) in [4.78, 5) is 18.1. The molecular weight excluding hydrogens is 732 g/mol. The molecule has 51 heavy (non-hydrogen) atoms. The van der Waals surface area contributed by atoms with Crippen LogP contribution in [0, 0.1) is 0 Å². The molecule has 0 N–H and O–H groups in total. The number of ether oxygens (including phenoxy) is 2. The van der Waals surface area contributed by atoms with E-state index in [0.29, 0.717) is 18.9 Å². The number of nitrogens with zero attached hydrogens (tertiary/aromatic N) is 3. The van der Waals surface area contributed by atoms with E-state index in [9.17, 15) is 43.9 Å². The van der Waals surface area contributed by atoms with E-state index in [1.165, 1.54) is 37.7 Å². The van der Waals surface area contributed by atoms with Crippen LogP contribution in [0.5, 0.6) is 5.75 Å². The lowest BCUT2D eigenvalue weighted by Crippen LogP contribution is -2.54. The first-order chi connectivity index (χ1) is 23.0. The Morgan fingerprint density at radius 3 is 2.16 bits per heavy atom. The molecule has 4 rings (SSSR count). The molecule has 0 radical (unpaired) electrons. The summed E-state index contributed by atoms with van der Waals surface area (Å²) in [6, 6.07) is -1.45. The Hall–Kier alpha value is -3.06. The van der Waals surface area contributed by atoms with Crippen molar-refractivity contribution < 1.29 is 62.0 Å². The highest BCUT2D eigenvalue weighted by Gasteiger charge is 2.51. The smallest absolute Gasteiger partial charge is 0.491 e. The van der Waals surface area contributed by atoms with E-state index < -0.39 is 90.5 Å². The molecule has 1 aromatic heterocycles. The average molecular weight is 776 g/mol. The zero-order chi connectivity index (χ0) is 38.8. The minimum atomic E-state index is -6.17. The van der Waals surface area contributed by atoms with Crippen LogP contribution in [0.2, 0.25) is 18.1 Å². The number of fused-ring (bicyclic) bond motifs is 1. The molecule has 19 heteroatoms. The van der Waals surface area contributed by atoms with Crippen LogP contribution in [-0.2, 0) is 29.6 Å². The van der Waals surface area contributed by atoms with E-state index in [4.69, 9.17) is 13.9 Å². The fraction of sp³-hybridized carbons (Fsp3) is 0.688. The number of halogens is 7. The van der Waals surface area contributed by atoms with Crippen LogP contribution in [0.4, 0.5) is 35.5 Å². The summed E-state index contributed by atoms with van der Waals surface area (Å²) in [5.41, 5.74) is -8.76. The van der Waals surface area contributed by atoms with E-state index in [-0.39, 0.29) is 27.9 Å². The normalized spacial score (nSPS) is 23.9. The molecule has 1 aliphatic heterocycles. The summed E-state index contributed by atoms with van der Waals surface area (Å²) in [5.74, 6) is -1.20. The molecule has 0 saturated heterocycles. The fourth-order valence-electron chi connectivity index (χ4n) is 5.97. The second kappa shape index (κ2) is 13.4. The van der Waals surface area contributed by atoms with Gasteiger partial charge in [0, 0.05) is 18.5 Å². The first kappa shape index (κ1) is 40.7.